The maximum Gasteiger partial charge on any atom is 0.220 e. The van der Waals surface area contributed by atoms with Gasteiger partial charge in [-0.3, -0.25) is 4.79 Å². The molecule has 9 heteroatoms. The second-order valence-electron chi connectivity index (χ2n) is 14.1. The fraction of sp³-hybridized carbons (Fsp3) is 0.875. The van der Waals surface area contributed by atoms with Crippen molar-refractivity contribution < 1.29 is 39.8 Å². The van der Waals surface area contributed by atoms with Crippen molar-refractivity contribution in [2.24, 2.45) is 0 Å². The van der Waals surface area contributed by atoms with E-state index in [1.807, 2.05) is 6.08 Å². The van der Waals surface area contributed by atoms with Gasteiger partial charge in [0.25, 0.3) is 0 Å². The highest BCUT2D eigenvalue weighted by atomic mass is 16.7. The third-order valence-corrected chi connectivity index (χ3v) is 9.53. The molecule has 0 spiro atoms. The van der Waals surface area contributed by atoms with Crippen LogP contribution in [0.4, 0.5) is 0 Å². The molecule has 7 atom stereocenters. The van der Waals surface area contributed by atoms with Gasteiger partial charge >= 0.3 is 0 Å². The molecule has 0 bridgehead atoms. The van der Waals surface area contributed by atoms with Gasteiger partial charge in [0.1, 0.15) is 24.4 Å². The molecule has 1 aliphatic heterocycles. The average Bonchev–Trinajstić information content (AvgIpc) is 3.10. The second-order valence-corrected chi connectivity index (χ2v) is 14.1. The molecule has 1 aliphatic rings. The van der Waals surface area contributed by atoms with Gasteiger partial charge in [0.05, 0.1) is 25.4 Å². The highest BCUT2D eigenvalue weighted by molar-refractivity contribution is 5.76. The van der Waals surface area contributed by atoms with Gasteiger partial charge in [-0.1, -0.05) is 154 Å². The quantitative estimate of drug-likeness (QED) is 0.0320. The molecule has 1 saturated heterocycles. The standard InChI is InChI=1S/C40H75NO8/c1-3-5-7-9-11-13-15-17-19-21-23-25-27-29-34(43)33(32-48-40-39(47)38(46)37(45)35(31-42)49-40)41-36(44)30-28-26-24-22-20-18-16-14-12-10-8-6-4-2/h19,21,27,29,33-35,37-40,42-43,45-47H,3-18,20,22-26,28,30-32H2,1-2H3,(H,41,44). The smallest absolute Gasteiger partial charge is 0.220 e. The van der Waals surface area contributed by atoms with Gasteiger partial charge in [0.2, 0.25) is 5.91 Å². The first-order chi connectivity index (χ1) is 23.8. The molecule has 0 aliphatic carbocycles. The van der Waals surface area contributed by atoms with Crippen LogP contribution in [0.3, 0.4) is 0 Å². The number of aliphatic hydroxyl groups excluding tert-OH is 5. The van der Waals surface area contributed by atoms with Crippen molar-refractivity contribution in [2.45, 2.75) is 211 Å². The third kappa shape index (κ3) is 23.0. The van der Waals surface area contributed by atoms with Crippen LogP contribution in [0.1, 0.15) is 168 Å². The van der Waals surface area contributed by atoms with Crippen LogP contribution in [0, 0.1) is 0 Å². The van der Waals surface area contributed by atoms with Gasteiger partial charge in [-0.15, -0.1) is 0 Å². The lowest BCUT2D eigenvalue weighted by atomic mass is 9.99. The molecule has 9 nitrogen and oxygen atoms in total. The van der Waals surface area contributed by atoms with Crippen molar-refractivity contribution in [1.82, 2.24) is 5.32 Å². The Kier molecular flexibility index (Phi) is 29.3. The van der Waals surface area contributed by atoms with Crippen LogP contribution in [0.2, 0.25) is 0 Å². The summed E-state index contributed by atoms with van der Waals surface area (Å²) in [7, 11) is 0. The Morgan fingerprint density at radius 1 is 0.673 bits per heavy atom. The number of amides is 1. The van der Waals surface area contributed by atoms with Crippen LogP contribution in [-0.4, -0.2) is 87.5 Å². The monoisotopic (exact) mass is 698 g/mol. The SMILES string of the molecule is CCCCCCCCCC=CCCC=CC(O)C(COC1OC(CO)C(O)C(O)C1O)NC(=O)CCCCCCCCCCCCCCC. The van der Waals surface area contributed by atoms with Gasteiger partial charge in [0, 0.05) is 6.42 Å². The number of hydrogen-bond donors (Lipinski definition) is 6. The molecule has 0 aromatic carbocycles. The predicted molar refractivity (Wildman–Crippen MR) is 198 cm³/mol. The van der Waals surface area contributed by atoms with Crippen molar-refractivity contribution in [3.8, 4) is 0 Å². The predicted octanol–water partition coefficient (Wildman–Crippen LogP) is 7.16. The highest BCUT2D eigenvalue weighted by Crippen LogP contribution is 2.22. The molecule has 0 aromatic rings. The Balaban J connectivity index is 2.46. The number of carbonyl (C=O) groups excluding carboxylic acids is 1. The van der Waals surface area contributed by atoms with Crippen LogP contribution in [-0.2, 0) is 14.3 Å². The molecule has 0 saturated carbocycles. The molecule has 1 heterocycles. The molecular formula is C40H75NO8. The number of unbranched alkanes of at least 4 members (excludes halogenated alkanes) is 20. The number of carbonyl (C=O) groups is 1. The highest BCUT2D eigenvalue weighted by Gasteiger charge is 2.44. The van der Waals surface area contributed by atoms with E-state index in [-0.39, 0.29) is 12.5 Å². The Morgan fingerprint density at radius 2 is 1.16 bits per heavy atom. The lowest BCUT2D eigenvalue weighted by Gasteiger charge is -2.40. The van der Waals surface area contributed by atoms with E-state index >= 15 is 0 Å². The van der Waals surface area contributed by atoms with E-state index in [1.165, 1.54) is 109 Å². The number of allylic oxidation sites excluding steroid dienone is 3. The van der Waals surface area contributed by atoms with Gasteiger partial charge in [-0.25, -0.2) is 0 Å². The summed E-state index contributed by atoms with van der Waals surface area (Å²) < 4.78 is 11.1. The normalized spacial score (nSPS) is 22.6. The summed E-state index contributed by atoms with van der Waals surface area (Å²) in [6, 6.07) is -0.814. The molecule has 6 N–H and O–H groups in total. The van der Waals surface area contributed by atoms with E-state index in [2.05, 4.69) is 31.3 Å². The first kappa shape index (κ1) is 45.7. The van der Waals surface area contributed by atoms with Gasteiger partial charge in [0.15, 0.2) is 6.29 Å². The van der Waals surface area contributed by atoms with E-state index < -0.39 is 49.5 Å². The Bertz CT molecular complexity index is 822. The first-order valence-corrected chi connectivity index (χ1v) is 20.1. The topological polar surface area (TPSA) is 149 Å². The molecule has 288 valence electrons. The summed E-state index contributed by atoms with van der Waals surface area (Å²) in [6.45, 7) is 3.72. The maximum atomic E-state index is 12.9. The molecular weight excluding hydrogens is 622 g/mol. The summed E-state index contributed by atoms with van der Waals surface area (Å²) in [5.74, 6) is -0.189. The number of ether oxygens (including phenoxy) is 2. The minimum atomic E-state index is -1.57. The van der Waals surface area contributed by atoms with E-state index in [1.54, 1.807) is 6.08 Å². The third-order valence-electron chi connectivity index (χ3n) is 9.53. The fourth-order valence-electron chi connectivity index (χ4n) is 6.23. The van der Waals surface area contributed by atoms with Crippen molar-refractivity contribution in [2.75, 3.05) is 13.2 Å². The molecule has 1 fully saturated rings. The van der Waals surface area contributed by atoms with Crippen LogP contribution in [0.15, 0.2) is 24.3 Å². The Labute approximate surface area is 298 Å². The van der Waals surface area contributed by atoms with Gasteiger partial charge in [-0.05, 0) is 32.1 Å². The van der Waals surface area contributed by atoms with Crippen LogP contribution >= 0.6 is 0 Å². The van der Waals surface area contributed by atoms with E-state index in [4.69, 9.17) is 9.47 Å². The van der Waals surface area contributed by atoms with Crippen molar-refractivity contribution in [3.63, 3.8) is 0 Å². The van der Waals surface area contributed by atoms with Crippen LogP contribution in [0.5, 0.6) is 0 Å². The average molecular weight is 698 g/mol. The zero-order valence-electron chi connectivity index (χ0n) is 31.2. The van der Waals surface area contributed by atoms with Crippen LogP contribution in [0.25, 0.3) is 0 Å². The minimum absolute atomic E-state index is 0.189. The summed E-state index contributed by atoms with van der Waals surface area (Å²) >= 11 is 0. The summed E-state index contributed by atoms with van der Waals surface area (Å²) in [5.41, 5.74) is 0. The van der Waals surface area contributed by atoms with Crippen molar-refractivity contribution >= 4 is 5.91 Å². The molecule has 0 radical (unpaired) electrons. The number of rotatable bonds is 32. The maximum absolute atomic E-state index is 12.9. The Hall–Kier alpha value is -1.33. The fourth-order valence-corrected chi connectivity index (χ4v) is 6.23. The largest absolute Gasteiger partial charge is 0.394 e. The molecule has 49 heavy (non-hydrogen) atoms. The second kappa shape index (κ2) is 31.4. The number of hydrogen-bond acceptors (Lipinski definition) is 8. The molecule has 7 unspecified atom stereocenters. The van der Waals surface area contributed by atoms with Gasteiger partial charge < -0.3 is 40.3 Å². The van der Waals surface area contributed by atoms with Crippen LogP contribution < -0.4 is 5.32 Å². The van der Waals surface area contributed by atoms with E-state index in [9.17, 15) is 30.3 Å². The lowest BCUT2D eigenvalue weighted by Crippen LogP contribution is -2.60. The summed E-state index contributed by atoms with van der Waals surface area (Å²) in [4.78, 5) is 12.9. The van der Waals surface area contributed by atoms with E-state index in [0.29, 0.717) is 6.42 Å². The minimum Gasteiger partial charge on any atom is -0.394 e. The number of nitrogens with one attached hydrogen (secondary N) is 1. The molecule has 1 rings (SSSR count). The van der Waals surface area contributed by atoms with Crippen molar-refractivity contribution in [3.05, 3.63) is 24.3 Å². The molecule has 0 aromatic heterocycles. The number of aliphatic hydroxyl groups is 5. The Morgan fingerprint density at radius 3 is 1.71 bits per heavy atom. The zero-order valence-corrected chi connectivity index (χ0v) is 31.2. The zero-order chi connectivity index (χ0) is 36.0. The lowest BCUT2D eigenvalue weighted by molar-refractivity contribution is -0.302. The summed E-state index contributed by atoms with van der Waals surface area (Å²) in [5, 5.41) is 53.9. The van der Waals surface area contributed by atoms with Gasteiger partial charge in [-0.2, -0.15) is 0 Å². The molecule has 1 amide bonds. The van der Waals surface area contributed by atoms with E-state index in [0.717, 1.165) is 38.5 Å². The first-order valence-electron chi connectivity index (χ1n) is 20.1. The van der Waals surface area contributed by atoms with Crippen molar-refractivity contribution in [1.29, 1.82) is 0 Å². The summed E-state index contributed by atoms with van der Waals surface area (Å²) in [6.07, 6.45) is 27.9.